The van der Waals surface area contributed by atoms with Gasteiger partial charge >= 0.3 is 0 Å². The standard InChI is InChI=1S/C16H32N2O2/c1-12(2)10-18(7-9-19-5)11-16(17)13-6-8-20-14(13)15(16,3)4/h12-14H,6-11,17H2,1-5H3. The average molecular weight is 284 g/mol. The van der Waals surface area contributed by atoms with Crippen LogP contribution in [0.15, 0.2) is 0 Å². The number of hydrogen-bond acceptors (Lipinski definition) is 4. The van der Waals surface area contributed by atoms with Crippen molar-refractivity contribution in [2.75, 3.05) is 40.0 Å². The highest BCUT2D eigenvalue weighted by molar-refractivity contribution is 5.21. The molecule has 4 nitrogen and oxygen atoms in total. The predicted octanol–water partition coefficient (Wildman–Crippen LogP) is 1.73. The van der Waals surface area contributed by atoms with Crippen molar-refractivity contribution in [3.05, 3.63) is 0 Å². The fourth-order valence-electron chi connectivity index (χ4n) is 4.14. The molecule has 3 atom stereocenters. The van der Waals surface area contributed by atoms with Crippen LogP contribution in [0.25, 0.3) is 0 Å². The summed E-state index contributed by atoms with van der Waals surface area (Å²) in [6.45, 7) is 13.7. The molecule has 2 aliphatic rings. The second kappa shape index (κ2) is 5.91. The van der Waals surface area contributed by atoms with E-state index < -0.39 is 0 Å². The van der Waals surface area contributed by atoms with Crippen LogP contribution in [-0.4, -0.2) is 56.5 Å². The minimum Gasteiger partial charge on any atom is -0.383 e. The summed E-state index contributed by atoms with van der Waals surface area (Å²) in [4.78, 5) is 2.48. The van der Waals surface area contributed by atoms with E-state index in [-0.39, 0.29) is 11.0 Å². The number of nitrogens with two attached hydrogens (primary N) is 1. The van der Waals surface area contributed by atoms with Crippen molar-refractivity contribution in [2.24, 2.45) is 23.0 Å². The van der Waals surface area contributed by atoms with Crippen LogP contribution in [0.1, 0.15) is 34.1 Å². The van der Waals surface area contributed by atoms with Gasteiger partial charge in [-0.3, -0.25) is 4.90 Å². The maximum Gasteiger partial charge on any atom is 0.0691 e. The largest absolute Gasteiger partial charge is 0.383 e. The predicted molar refractivity (Wildman–Crippen MR) is 81.7 cm³/mol. The second-order valence-corrected chi connectivity index (χ2v) is 7.57. The van der Waals surface area contributed by atoms with Crippen molar-refractivity contribution in [2.45, 2.75) is 45.8 Å². The lowest BCUT2D eigenvalue weighted by Gasteiger charge is -2.63. The number of fused-ring (bicyclic) bond motifs is 1. The maximum absolute atomic E-state index is 6.85. The summed E-state index contributed by atoms with van der Waals surface area (Å²) in [5.74, 6) is 1.17. The third-order valence-electron chi connectivity index (χ3n) is 5.38. The van der Waals surface area contributed by atoms with Crippen molar-refractivity contribution >= 4 is 0 Å². The Morgan fingerprint density at radius 2 is 2.10 bits per heavy atom. The molecule has 1 aliphatic heterocycles. The van der Waals surface area contributed by atoms with Gasteiger partial charge in [-0.05, 0) is 12.3 Å². The van der Waals surface area contributed by atoms with Crippen LogP contribution in [-0.2, 0) is 9.47 Å². The molecule has 1 saturated heterocycles. The van der Waals surface area contributed by atoms with Crippen LogP contribution in [0.4, 0.5) is 0 Å². The van der Waals surface area contributed by atoms with Gasteiger partial charge in [-0.1, -0.05) is 27.7 Å². The topological polar surface area (TPSA) is 47.7 Å². The summed E-state index contributed by atoms with van der Waals surface area (Å²) < 4.78 is 11.1. The summed E-state index contributed by atoms with van der Waals surface area (Å²) in [6.07, 6.45) is 1.47. The van der Waals surface area contributed by atoms with Crippen molar-refractivity contribution in [1.82, 2.24) is 4.90 Å². The normalized spacial score (nSPS) is 35.4. The van der Waals surface area contributed by atoms with Gasteiger partial charge in [0.05, 0.1) is 12.7 Å². The third-order valence-corrected chi connectivity index (χ3v) is 5.38. The van der Waals surface area contributed by atoms with Crippen LogP contribution >= 0.6 is 0 Å². The van der Waals surface area contributed by atoms with Gasteiger partial charge in [-0.15, -0.1) is 0 Å². The summed E-state index contributed by atoms with van der Waals surface area (Å²) in [5, 5.41) is 0. The van der Waals surface area contributed by atoms with E-state index in [1.54, 1.807) is 7.11 Å². The van der Waals surface area contributed by atoms with Gasteiger partial charge < -0.3 is 15.2 Å². The number of nitrogens with zero attached hydrogens (tertiary/aromatic N) is 1. The van der Waals surface area contributed by atoms with Crippen molar-refractivity contribution < 1.29 is 9.47 Å². The summed E-state index contributed by atoms with van der Waals surface area (Å²) in [6, 6.07) is 0. The Bertz CT molecular complexity index is 332. The van der Waals surface area contributed by atoms with E-state index in [1.165, 1.54) is 0 Å². The van der Waals surface area contributed by atoms with Gasteiger partial charge in [0.2, 0.25) is 0 Å². The molecule has 0 aromatic rings. The Kier molecular flexibility index (Phi) is 4.80. The molecule has 4 heteroatoms. The molecule has 1 heterocycles. The van der Waals surface area contributed by atoms with Gasteiger partial charge in [0, 0.05) is 50.2 Å². The Hall–Kier alpha value is -0.160. The zero-order valence-corrected chi connectivity index (χ0v) is 13.8. The Morgan fingerprint density at radius 3 is 2.70 bits per heavy atom. The minimum atomic E-state index is -0.128. The molecule has 0 aromatic heterocycles. The van der Waals surface area contributed by atoms with Crippen molar-refractivity contribution in [3.8, 4) is 0 Å². The molecule has 2 rings (SSSR count). The Balaban J connectivity index is 2.04. The zero-order valence-electron chi connectivity index (χ0n) is 13.8. The highest BCUT2D eigenvalue weighted by Crippen LogP contribution is 2.58. The lowest BCUT2D eigenvalue weighted by Crippen LogP contribution is -2.78. The molecular formula is C16H32N2O2. The molecule has 3 unspecified atom stereocenters. The lowest BCUT2D eigenvalue weighted by molar-refractivity contribution is -0.164. The van der Waals surface area contributed by atoms with Gasteiger partial charge in [0.25, 0.3) is 0 Å². The van der Waals surface area contributed by atoms with Crippen LogP contribution in [0.2, 0.25) is 0 Å². The van der Waals surface area contributed by atoms with E-state index in [2.05, 4.69) is 32.6 Å². The number of methoxy groups -OCH3 is 1. The van der Waals surface area contributed by atoms with E-state index >= 15 is 0 Å². The third kappa shape index (κ3) is 2.63. The monoisotopic (exact) mass is 284 g/mol. The molecule has 0 radical (unpaired) electrons. The molecule has 1 saturated carbocycles. The SMILES string of the molecule is COCCN(CC(C)C)CC1(N)C2CCOC2C1(C)C. The van der Waals surface area contributed by atoms with Crippen molar-refractivity contribution in [3.63, 3.8) is 0 Å². The highest BCUT2D eigenvalue weighted by Gasteiger charge is 2.67. The highest BCUT2D eigenvalue weighted by atomic mass is 16.5. The first-order valence-electron chi connectivity index (χ1n) is 7.94. The first kappa shape index (κ1) is 16.2. The average Bonchev–Trinajstić information content (AvgIpc) is 2.83. The van der Waals surface area contributed by atoms with E-state index in [0.29, 0.717) is 17.9 Å². The first-order valence-corrected chi connectivity index (χ1v) is 7.94. The summed E-state index contributed by atoms with van der Waals surface area (Å²) >= 11 is 0. The lowest BCUT2D eigenvalue weighted by atomic mass is 9.48. The van der Waals surface area contributed by atoms with Gasteiger partial charge in [0.1, 0.15) is 0 Å². The molecule has 118 valence electrons. The molecular weight excluding hydrogens is 252 g/mol. The van der Waals surface area contributed by atoms with E-state index in [9.17, 15) is 0 Å². The van der Waals surface area contributed by atoms with Crippen LogP contribution in [0.5, 0.6) is 0 Å². The molecule has 0 amide bonds. The fraction of sp³-hybridized carbons (Fsp3) is 1.00. The second-order valence-electron chi connectivity index (χ2n) is 7.57. The molecule has 1 aliphatic carbocycles. The van der Waals surface area contributed by atoms with Crippen molar-refractivity contribution in [1.29, 1.82) is 0 Å². The molecule has 2 N–H and O–H groups in total. The Morgan fingerprint density at radius 1 is 1.40 bits per heavy atom. The van der Waals surface area contributed by atoms with E-state index in [0.717, 1.165) is 39.3 Å². The molecule has 0 spiro atoms. The Labute approximate surface area is 124 Å². The van der Waals surface area contributed by atoms with Crippen LogP contribution < -0.4 is 5.73 Å². The smallest absolute Gasteiger partial charge is 0.0691 e. The summed E-state index contributed by atoms with van der Waals surface area (Å²) in [5.41, 5.74) is 6.79. The minimum absolute atomic E-state index is 0.0659. The molecule has 2 fully saturated rings. The zero-order chi connectivity index (χ0) is 15.0. The number of hydrogen-bond donors (Lipinski definition) is 1. The first-order chi connectivity index (χ1) is 9.33. The van der Waals surface area contributed by atoms with Gasteiger partial charge in [-0.25, -0.2) is 0 Å². The van der Waals surface area contributed by atoms with E-state index in [1.807, 2.05) is 0 Å². The van der Waals surface area contributed by atoms with Crippen LogP contribution in [0, 0.1) is 17.3 Å². The number of rotatable bonds is 7. The maximum atomic E-state index is 6.85. The van der Waals surface area contributed by atoms with Gasteiger partial charge in [0.15, 0.2) is 0 Å². The van der Waals surface area contributed by atoms with Crippen LogP contribution in [0.3, 0.4) is 0 Å². The molecule has 20 heavy (non-hydrogen) atoms. The molecule has 0 aromatic carbocycles. The van der Waals surface area contributed by atoms with Gasteiger partial charge in [-0.2, -0.15) is 0 Å². The fourth-order valence-corrected chi connectivity index (χ4v) is 4.14. The van der Waals surface area contributed by atoms with E-state index in [4.69, 9.17) is 15.2 Å². The quantitative estimate of drug-likeness (QED) is 0.773. The number of ether oxygens (including phenoxy) is 2. The molecule has 0 bridgehead atoms. The summed E-state index contributed by atoms with van der Waals surface area (Å²) in [7, 11) is 1.76.